The third kappa shape index (κ3) is 3.02. The first-order valence-electron chi connectivity index (χ1n) is 8.89. The van der Waals surface area contributed by atoms with Crippen LogP contribution in [-0.4, -0.2) is 40.0 Å². The fourth-order valence-corrected chi connectivity index (χ4v) is 4.21. The Morgan fingerprint density at radius 2 is 2.17 bits per heavy atom. The fraction of sp³-hybridized carbons (Fsp3) is 0.611. The molecule has 24 heavy (non-hydrogen) atoms. The average molecular weight is 327 g/mol. The van der Waals surface area contributed by atoms with Crippen LogP contribution >= 0.6 is 0 Å². The van der Waals surface area contributed by atoms with Gasteiger partial charge >= 0.3 is 0 Å². The summed E-state index contributed by atoms with van der Waals surface area (Å²) in [5, 5.41) is 4.72. The standard InChI is InChI=1S/C18H25N5O/c1-24-12-16-11-22(17-6-7-19-13-20-17)10-15-8-21-23(18(15)16)9-14-4-2-3-5-14/h6-8,13-14,16H,2-5,9-12H2,1H3/t16-/m0/s1. The fourth-order valence-electron chi connectivity index (χ4n) is 4.21. The van der Waals surface area contributed by atoms with Crippen molar-refractivity contribution >= 4 is 5.82 Å². The number of aromatic nitrogens is 4. The number of fused-ring (bicyclic) bond motifs is 1. The topological polar surface area (TPSA) is 56.1 Å². The summed E-state index contributed by atoms with van der Waals surface area (Å²) >= 11 is 0. The van der Waals surface area contributed by atoms with Crippen molar-refractivity contribution in [1.82, 2.24) is 19.7 Å². The monoisotopic (exact) mass is 327 g/mol. The van der Waals surface area contributed by atoms with Crippen molar-refractivity contribution in [3.05, 3.63) is 36.0 Å². The molecule has 1 saturated carbocycles. The Morgan fingerprint density at radius 1 is 1.29 bits per heavy atom. The van der Waals surface area contributed by atoms with Crippen LogP contribution < -0.4 is 4.90 Å². The minimum atomic E-state index is 0.331. The molecule has 3 heterocycles. The summed E-state index contributed by atoms with van der Waals surface area (Å²) < 4.78 is 7.77. The Bertz CT molecular complexity index is 665. The van der Waals surface area contributed by atoms with E-state index in [1.807, 2.05) is 12.3 Å². The van der Waals surface area contributed by atoms with Gasteiger partial charge in [0.2, 0.25) is 0 Å². The maximum atomic E-state index is 5.52. The molecular formula is C18H25N5O. The molecule has 1 aliphatic carbocycles. The molecule has 0 radical (unpaired) electrons. The first-order chi connectivity index (χ1) is 11.8. The first kappa shape index (κ1) is 15.6. The number of hydrogen-bond donors (Lipinski definition) is 0. The lowest BCUT2D eigenvalue weighted by Gasteiger charge is -2.34. The molecule has 0 amide bonds. The van der Waals surface area contributed by atoms with Gasteiger partial charge in [-0.2, -0.15) is 5.10 Å². The zero-order valence-corrected chi connectivity index (χ0v) is 14.3. The summed E-state index contributed by atoms with van der Waals surface area (Å²) in [5.74, 6) is 2.09. The van der Waals surface area contributed by atoms with E-state index in [0.29, 0.717) is 12.5 Å². The van der Waals surface area contributed by atoms with Gasteiger partial charge in [0.1, 0.15) is 12.1 Å². The molecule has 1 aliphatic heterocycles. The van der Waals surface area contributed by atoms with Crippen molar-refractivity contribution in [2.75, 3.05) is 25.2 Å². The maximum Gasteiger partial charge on any atom is 0.132 e. The van der Waals surface area contributed by atoms with Gasteiger partial charge < -0.3 is 9.64 Å². The van der Waals surface area contributed by atoms with E-state index < -0.39 is 0 Å². The molecule has 1 fully saturated rings. The molecule has 0 N–H and O–H groups in total. The predicted octanol–water partition coefficient (Wildman–Crippen LogP) is 2.61. The summed E-state index contributed by atoms with van der Waals surface area (Å²) in [7, 11) is 1.78. The van der Waals surface area contributed by atoms with Gasteiger partial charge in [-0.05, 0) is 24.8 Å². The third-order valence-electron chi connectivity index (χ3n) is 5.31. The van der Waals surface area contributed by atoms with E-state index in [9.17, 15) is 0 Å². The quantitative estimate of drug-likeness (QED) is 0.845. The van der Waals surface area contributed by atoms with Crippen molar-refractivity contribution in [3.8, 4) is 0 Å². The number of nitrogens with zero attached hydrogens (tertiary/aromatic N) is 5. The number of methoxy groups -OCH3 is 1. The Hall–Kier alpha value is -1.95. The molecule has 0 bridgehead atoms. The van der Waals surface area contributed by atoms with E-state index >= 15 is 0 Å². The summed E-state index contributed by atoms with van der Waals surface area (Å²) in [4.78, 5) is 10.7. The van der Waals surface area contributed by atoms with E-state index in [4.69, 9.17) is 9.84 Å². The Kier molecular flexibility index (Phi) is 4.47. The lowest BCUT2D eigenvalue weighted by atomic mass is 9.96. The molecule has 2 aromatic rings. The van der Waals surface area contributed by atoms with Gasteiger partial charge in [-0.1, -0.05) is 12.8 Å². The molecule has 6 nitrogen and oxygen atoms in total. The summed E-state index contributed by atoms with van der Waals surface area (Å²) in [6.07, 6.45) is 10.9. The van der Waals surface area contributed by atoms with Gasteiger partial charge in [0.15, 0.2) is 0 Å². The van der Waals surface area contributed by atoms with Crippen molar-refractivity contribution in [2.45, 2.75) is 44.7 Å². The molecule has 0 unspecified atom stereocenters. The smallest absolute Gasteiger partial charge is 0.132 e. The van der Waals surface area contributed by atoms with Crippen LogP contribution in [0.4, 0.5) is 5.82 Å². The molecule has 4 rings (SSSR count). The zero-order valence-electron chi connectivity index (χ0n) is 14.3. The largest absolute Gasteiger partial charge is 0.384 e. The second kappa shape index (κ2) is 6.89. The SMILES string of the molecule is COC[C@@H]1CN(c2ccncn2)Cc2cnn(CC3CCCC3)c21. The van der Waals surface area contributed by atoms with Crippen molar-refractivity contribution in [3.63, 3.8) is 0 Å². The Labute approximate surface area is 142 Å². The van der Waals surface area contributed by atoms with Crippen LogP contribution in [0.25, 0.3) is 0 Å². The Morgan fingerprint density at radius 3 is 2.92 bits per heavy atom. The number of ether oxygens (including phenoxy) is 1. The van der Waals surface area contributed by atoms with Crippen LogP contribution in [-0.2, 0) is 17.8 Å². The number of hydrogen-bond acceptors (Lipinski definition) is 5. The van der Waals surface area contributed by atoms with Gasteiger partial charge in [-0.15, -0.1) is 0 Å². The van der Waals surface area contributed by atoms with Gasteiger partial charge in [0, 0.05) is 44.4 Å². The highest BCUT2D eigenvalue weighted by Gasteiger charge is 2.31. The van der Waals surface area contributed by atoms with E-state index in [2.05, 4.69) is 19.5 Å². The van der Waals surface area contributed by atoms with Gasteiger partial charge in [0.25, 0.3) is 0 Å². The minimum absolute atomic E-state index is 0.331. The summed E-state index contributed by atoms with van der Waals surface area (Å²) in [5.41, 5.74) is 2.67. The van der Waals surface area contributed by atoms with Crippen molar-refractivity contribution < 1.29 is 4.74 Å². The van der Waals surface area contributed by atoms with E-state index in [1.165, 1.54) is 36.9 Å². The second-order valence-corrected chi connectivity index (χ2v) is 6.99. The zero-order chi connectivity index (χ0) is 16.4. The highest BCUT2D eigenvalue weighted by atomic mass is 16.5. The maximum absolute atomic E-state index is 5.52. The average Bonchev–Trinajstić information content (AvgIpc) is 3.27. The summed E-state index contributed by atoms with van der Waals surface area (Å²) in [6, 6.07) is 1.97. The molecule has 2 aliphatic rings. The van der Waals surface area contributed by atoms with Crippen LogP contribution in [0, 0.1) is 5.92 Å². The van der Waals surface area contributed by atoms with Crippen LogP contribution in [0.2, 0.25) is 0 Å². The van der Waals surface area contributed by atoms with Crippen LogP contribution in [0.5, 0.6) is 0 Å². The molecule has 128 valence electrons. The molecular weight excluding hydrogens is 302 g/mol. The highest BCUT2D eigenvalue weighted by molar-refractivity contribution is 5.43. The third-order valence-corrected chi connectivity index (χ3v) is 5.31. The first-order valence-corrected chi connectivity index (χ1v) is 8.89. The van der Waals surface area contributed by atoms with E-state index in [1.54, 1.807) is 19.6 Å². The predicted molar refractivity (Wildman–Crippen MR) is 91.9 cm³/mol. The summed E-state index contributed by atoms with van der Waals surface area (Å²) in [6.45, 7) is 3.54. The molecule has 6 heteroatoms. The Balaban J connectivity index is 1.60. The van der Waals surface area contributed by atoms with Gasteiger partial charge in [0.05, 0.1) is 18.5 Å². The van der Waals surface area contributed by atoms with Crippen LogP contribution in [0.3, 0.4) is 0 Å². The number of anilines is 1. The number of rotatable bonds is 5. The van der Waals surface area contributed by atoms with Gasteiger partial charge in [-0.25, -0.2) is 9.97 Å². The minimum Gasteiger partial charge on any atom is -0.384 e. The second-order valence-electron chi connectivity index (χ2n) is 6.99. The van der Waals surface area contributed by atoms with Crippen molar-refractivity contribution in [2.24, 2.45) is 5.92 Å². The van der Waals surface area contributed by atoms with Crippen molar-refractivity contribution in [1.29, 1.82) is 0 Å². The van der Waals surface area contributed by atoms with Crippen LogP contribution in [0.1, 0.15) is 42.9 Å². The highest BCUT2D eigenvalue weighted by Crippen LogP contribution is 2.33. The normalized spacial score (nSPS) is 21.2. The molecule has 1 atom stereocenters. The lowest BCUT2D eigenvalue weighted by Crippen LogP contribution is -2.37. The van der Waals surface area contributed by atoms with Crippen LogP contribution in [0.15, 0.2) is 24.8 Å². The van der Waals surface area contributed by atoms with E-state index in [-0.39, 0.29) is 0 Å². The molecule has 0 spiro atoms. The molecule has 0 aromatic carbocycles. The van der Waals surface area contributed by atoms with E-state index in [0.717, 1.165) is 31.4 Å². The molecule has 0 saturated heterocycles. The lowest BCUT2D eigenvalue weighted by molar-refractivity contribution is 0.174. The van der Waals surface area contributed by atoms with Gasteiger partial charge in [-0.3, -0.25) is 4.68 Å². The molecule has 2 aromatic heterocycles.